The first-order chi connectivity index (χ1) is 36.9. The lowest BCUT2D eigenvalue weighted by atomic mass is 9.91. The fourth-order valence-electron chi connectivity index (χ4n) is 11.2. The van der Waals surface area contributed by atoms with Gasteiger partial charge in [0, 0.05) is 107 Å². The number of nitrogen functional groups attached to an aromatic ring is 1. The van der Waals surface area contributed by atoms with Gasteiger partial charge in [0.25, 0.3) is 5.88 Å². The zero-order chi connectivity index (χ0) is 52.9. The first-order valence-electron chi connectivity index (χ1n) is 26.4. The van der Waals surface area contributed by atoms with Gasteiger partial charge in [0.15, 0.2) is 11.6 Å². The SMILES string of the molecule is CC(C)[C@@H](C(=O)N1C[C@H](O)C[C@H]1C(=O)N[C@@H](C)c1ccc(-c2scnc2CO)cc1)c1cc(OCCN2CCN(CCOc3cc(N4CC5CCN(c6cc(-c7ccccc7O)nnc6N)CC4C5)ccn3)CC2)no1. The van der Waals surface area contributed by atoms with E-state index in [1.54, 1.807) is 23.7 Å². The number of aliphatic hydroxyl groups excluding tert-OH is 2. The van der Waals surface area contributed by atoms with Crippen molar-refractivity contribution in [3.63, 3.8) is 0 Å². The highest BCUT2D eigenvalue weighted by molar-refractivity contribution is 7.13. The lowest BCUT2D eigenvalue weighted by Crippen LogP contribution is -2.48. The topological polar surface area (TPSA) is 245 Å². The molecule has 402 valence electrons. The van der Waals surface area contributed by atoms with Crippen molar-refractivity contribution in [2.24, 2.45) is 11.8 Å². The molecule has 2 unspecified atom stereocenters. The van der Waals surface area contributed by atoms with Crippen LogP contribution in [0.4, 0.5) is 17.2 Å². The average molecular weight is 1060 g/mol. The fraction of sp³-hybridized carbons (Fsp3) is 0.473. The summed E-state index contributed by atoms with van der Waals surface area (Å²) in [4.78, 5) is 48.7. The molecule has 10 rings (SSSR count). The number of para-hydroxylation sites is 1. The number of hydrogen-bond acceptors (Lipinski definition) is 19. The molecule has 0 saturated carbocycles. The van der Waals surface area contributed by atoms with Crippen LogP contribution in [0.2, 0.25) is 0 Å². The second kappa shape index (κ2) is 23.5. The smallest absolute Gasteiger partial charge is 0.254 e. The summed E-state index contributed by atoms with van der Waals surface area (Å²) in [5.41, 5.74) is 13.7. The van der Waals surface area contributed by atoms with Crippen LogP contribution in [0.25, 0.3) is 21.7 Å². The third-order valence-corrected chi connectivity index (χ3v) is 16.2. The Kier molecular flexibility index (Phi) is 16.3. The number of nitrogens with one attached hydrogen (secondary N) is 1. The molecule has 21 heteroatoms. The summed E-state index contributed by atoms with van der Waals surface area (Å²) < 4.78 is 18.0. The predicted octanol–water partition coefficient (Wildman–Crippen LogP) is 5.19. The van der Waals surface area contributed by atoms with Crippen LogP contribution in [-0.2, 0) is 16.2 Å². The summed E-state index contributed by atoms with van der Waals surface area (Å²) in [7, 11) is 0. The largest absolute Gasteiger partial charge is 0.507 e. The van der Waals surface area contributed by atoms with Crippen LogP contribution in [0.5, 0.6) is 17.5 Å². The molecule has 8 heterocycles. The number of hydrogen-bond donors (Lipinski definition) is 5. The second-order valence-corrected chi connectivity index (χ2v) is 21.6. The molecule has 0 spiro atoms. The molecular formula is C55H68N12O8S. The fourth-order valence-corrected chi connectivity index (χ4v) is 12.0. The number of aromatic nitrogens is 5. The monoisotopic (exact) mass is 1060 g/mol. The van der Waals surface area contributed by atoms with E-state index >= 15 is 0 Å². The molecule has 4 aliphatic heterocycles. The van der Waals surface area contributed by atoms with Crippen LogP contribution in [0, 0.1) is 11.8 Å². The van der Waals surface area contributed by atoms with E-state index in [9.17, 15) is 24.9 Å². The lowest BCUT2D eigenvalue weighted by Gasteiger charge is -2.35. The Hall–Kier alpha value is -6.91. The Morgan fingerprint density at radius 1 is 0.882 bits per heavy atom. The maximum absolute atomic E-state index is 14.3. The maximum atomic E-state index is 14.3. The number of nitrogens with zero attached hydrogens (tertiary/aromatic N) is 10. The number of fused-ring (bicyclic) bond motifs is 2. The number of thiazole rings is 1. The zero-order valence-corrected chi connectivity index (χ0v) is 44.1. The van der Waals surface area contributed by atoms with E-state index in [-0.39, 0.29) is 55.1 Å². The number of carbonyl (C=O) groups excluding carboxylic acids is 2. The van der Waals surface area contributed by atoms with Gasteiger partial charge in [-0.1, -0.05) is 50.2 Å². The zero-order valence-electron chi connectivity index (χ0n) is 43.3. The molecule has 2 bridgehead atoms. The number of anilines is 3. The van der Waals surface area contributed by atoms with Crippen LogP contribution in [-0.4, -0.2) is 164 Å². The van der Waals surface area contributed by atoms with Crippen molar-refractivity contribution in [2.45, 2.75) is 76.8 Å². The molecule has 4 saturated heterocycles. The summed E-state index contributed by atoms with van der Waals surface area (Å²) in [6.07, 6.45) is 3.22. The number of aromatic hydroxyl groups is 1. The third kappa shape index (κ3) is 11.9. The molecule has 20 nitrogen and oxygen atoms in total. The van der Waals surface area contributed by atoms with Gasteiger partial charge in [-0.25, -0.2) is 9.97 Å². The lowest BCUT2D eigenvalue weighted by molar-refractivity contribution is -0.141. The minimum absolute atomic E-state index is 0.0319. The van der Waals surface area contributed by atoms with Crippen molar-refractivity contribution in [3.8, 4) is 39.2 Å². The molecule has 2 amide bonds. The van der Waals surface area contributed by atoms with Gasteiger partial charge in [-0.3, -0.25) is 19.4 Å². The maximum Gasteiger partial charge on any atom is 0.254 e. The van der Waals surface area contributed by atoms with Gasteiger partial charge in [0.2, 0.25) is 17.7 Å². The third-order valence-electron chi connectivity index (χ3n) is 15.3. The quantitative estimate of drug-likeness (QED) is 0.0701. The van der Waals surface area contributed by atoms with Crippen LogP contribution >= 0.6 is 11.3 Å². The van der Waals surface area contributed by atoms with Crippen LogP contribution in [0.15, 0.2) is 89.0 Å². The average Bonchev–Trinajstić information content (AvgIpc) is 4.24. The number of carbonyl (C=O) groups is 2. The van der Waals surface area contributed by atoms with Crippen molar-refractivity contribution in [3.05, 3.63) is 102 Å². The Labute approximate surface area is 446 Å². The van der Waals surface area contributed by atoms with E-state index in [0.717, 1.165) is 92.6 Å². The van der Waals surface area contributed by atoms with E-state index in [4.69, 9.17) is 19.7 Å². The van der Waals surface area contributed by atoms with Crippen molar-refractivity contribution in [1.82, 2.24) is 45.3 Å². The van der Waals surface area contributed by atoms with Gasteiger partial charge in [-0.15, -0.1) is 21.5 Å². The van der Waals surface area contributed by atoms with E-state index in [0.29, 0.717) is 66.0 Å². The van der Waals surface area contributed by atoms with Gasteiger partial charge in [-0.2, -0.15) is 0 Å². The predicted molar refractivity (Wildman–Crippen MR) is 288 cm³/mol. The Morgan fingerprint density at radius 2 is 1.63 bits per heavy atom. The number of phenolic OH excluding ortho intramolecular Hbond substituents is 1. The number of likely N-dealkylation sites (tertiary alicyclic amines) is 1. The Morgan fingerprint density at radius 3 is 2.37 bits per heavy atom. The van der Waals surface area contributed by atoms with Crippen molar-refractivity contribution < 1.29 is 38.9 Å². The highest BCUT2D eigenvalue weighted by Crippen LogP contribution is 2.39. The normalized spacial score (nSPS) is 20.9. The summed E-state index contributed by atoms with van der Waals surface area (Å²) in [6, 6.07) is 21.6. The second-order valence-electron chi connectivity index (χ2n) is 20.7. The number of benzene rings is 2. The van der Waals surface area contributed by atoms with E-state index in [1.165, 1.54) is 16.2 Å². The van der Waals surface area contributed by atoms with Crippen LogP contribution in [0.3, 0.4) is 0 Å². The number of nitrogens with two attached hydrogens (primary N) is 1. The van der Waals surface area contributed by atoms with E-state index in [1.807, 2.05) is 69.4 Å². The molecular weight excluding hydrogens is 989 g/mol. The number of ether oxygens (including phenoxy) is 2. The van der Waals surface area contributed by atoms with Gasteiger partial charge >= 0.3 is 0 Å². The summed E-state index contributed by atoms with van der Waals surface area (Å²) in [5, 5.41) is 46.6. The molecule has 76 heavy (non-hydrogen) atoms. The number of piperazine rings is 1. The van der Waals surface area contributed by atoms with Crippen LogP contribution in [0.1, 0.15) is 69.0 Å². The molecule has 2 aromatic carbocycles. The molecule has 4 fully saturated rings. The molecule has 6 aromatic rings. The molecule has 0 radical (unpaired) electrons. The molecule has 6 N–H and O–H groups in total. The van der Waals surface area contributed by atoms with Gasteiger partial charge in [0.1, 0.15) is 30.9 Å². The Balaban J connectivity index is 0.658. The summed E-state index contributed by atoms with van der Waals surface area (Å²) in [5.74, 6) is 0.726. The van der Waals surface area contributed by atoms with Gasteiger partial charge < -0.3 is 55.1 Å². The standard InChI is InChI=1S/C55H68N12O8S/c1-34(2)51(55(72)67-31-41(69)26-46(67)54(71)59-35(3)37-8-10-38(11-9-37)52-44(32-68)58-33-76-52)48-28-50(62-75-48)74-23-21-64-18-16-63(17-19-64)20-22-73-49-25-39(12-14-57-49)66-29-36-13-15-65(30-40(66)24-36)45-27-43(60-61-53(45)56)42-6-4-5-7-47(42)70/h4-12,14,25,27-28,33-36,40-41,46,51,68-70H,13,15-24,26,29-32H2,1-3H3,(H2,56,61)(H,59,71)/t35-,36?,40?,41+,46-,51+/m0/s1. The van der Waals surface area contributed by atoms with Gasteiger partial charge in [-0.05, 0) is 72.2 Å². The van der Waals surface area contributed by atoms with Crippen molar-refractivity contribution in [2.75, 3.05) is 94.2 Å². The molecule has 4 aromatic heterocycles. The highest BCUT2D eigenvalue weighted by atomic mass is 32.1. The summed E-state index contributed by atoms with van der Waals surface area (Å²) >= 11 is 1.46. The first kappa shape index (κ1) is 52.5. The van der Waals surface area contributed by atoms with E-state index < -0.39 is 18.1 Å². The minimum Gasteiger partial charge on any atom is -0.507 e. The molecule has 6 atom stereocenters. The van der Waals surface area contributed by atoms with Crippen molar-refractivity contribution in [1.29, 1.82) is 0 Å². The van der Waals surface area contributed by atoms with Crippen molar-refractivity contribution >= 4 is 40.3 Å². The van der Waals surface area contributed by atoms with Crippen LogP contribution < -0.4 is 30.3 Å². The minimum atomic E-state index is -0.859. The molecule has 4 aliphatic rings. The Bertz CT molecular complexity index is 2930. The summed E-state index contributed by atoms with van der Waals surface area (Å²) in [6.45, 7) is 14.1. The number of β-amino-alcohol motifs (C(OH)–C–C–N with tert-alkyl or cyclic N) is 1. The number of aliphatic hydroxyl groups is 2. The van der Waals surface area contributed by atoms with Gasteiger partial charge in [0.05, 0.1) is 46.2 Å². The first-order valence-corrected chi connectivity index (χ1v) is 27.3. The number of phenols is 1. The number of amides is 2. The van der Waals surface area contributed by atoms with E-state index in [2.05, 4.69) is 62.4 Å². The molecule has 0 aliphatic carbocycles. The highest BCUT2D eigenvalue weighted by Gasteiger charge is 2.44. The number of pyridine rings is 1. The number of rotatable bonds is 19.